The van der Waals surface area contributed by atoms with Crippen molar-refractivity contribution in [3.8, 4) is 11.5 Å². The molecule has 0 saturated heterocycles. The number of benzene rings is 2. The summed E-state index contributed by atoms with van der Waals surface area (Å²) < 4.78 is 11.3. The number of Topliss-reactive ketones (excluding diaryl/α,β-unsaturated/α-hetero) is 1. The van der Waals surface area contributed by atoms with Crippen LogP contribution in [-0.2, 0) is 4.74 Å². The molecule has 1 aliphatic heterocycles. The molecule has 0 amide bonds. The minimum atomic E-state index is -1.31. The maximum Gasteiger partial charge on any atom is 0.335 e. The number of carbonyl (C=O) groups excluding carboxylic acids is 1. The number of rotatable bonds is 5. The van der Waals surface area contributed by atoms with E-state index >= 15 is 0 Å². The summed E-state index contributed by atoms with van der Waals surface area (Å²) in [5.74, 6) is -1.70. The number of aromatic carboxylic acids is 1. The van der Waals surface area contributed by atoms with Gasteiger partial charge < -0.3 is 25.0 Å². The average molecular weight is 368 g/mol. The molecule has 0 aliphatic carbocycles. The lowest BCUT2D eigenvalue weighted by Crippen LogP contribution is -2.33. The van der Waals surface area contributed by atoms with Gasteiger partial charge in [0.15, 0.2) is 5.78 Å². The van der Waals surface area contributed by atoms with Gasteiger partial charge in [0.1, 0.15) is 5.75 Å². The molecule has 140 valence electrons. The highest BCUT2D eigenvalue weighted by Crippen LogP contribution is 2.32. The van der Waals surface area contributed by atoms with Crippen LogP contribution in [0.25, 0.3) is 0 Å². The smallest absolute Gasteiger partial charge is 0.335 e. The predicted octanol–water partition coefficient (Wildman–Crippen LogP) is 2.70. The number of anilines is 1. The lowest BCUT2D eigenvalue weighted by Gasteiger charge is -2.27. The Morgan fingerprint density at radius 2 is 2.11 bits per heavy atom. The number of fused-ring (bicyclic) bond motifs is 1. The molecule has 0 spiro atoms. The Labute approximate surface area is 155 Å². The molecule has 0 saturated carbocycles. The lowest BCUT2D eigenvalue weighted by atomic mass is 9.98. The average Bonchev–Trinajstić information content (AvgIpc) is 2.63. The molecule has 2 N–H and O–H groups in total. The molecule has 1 heterocycles. The molecule has 7 nitrogen and oxygen atoms in total. The van der Waals surface area contributed by atoms with E-state index in [1.165, 1.54) is 18.3 Å². The Hall–Kier alpha value is -3.32. The van der Waals surface area contributed by atoms with E-state index < -0.39 is 18.0 Å². The van der Waals surface area contributed by atoms with Gasteiger partial charge >= 0.3 is 5.97 Å². The second kappa shape index (κ2) is 7.51. The Bertz CT molecular complexity index is 934. The van der Waals surface area contributed by atoms with Crippen LogP contribution in [0, 0.1) is 6.92 Å². The third kappa shape index (κ3) is 3.78. The van der Waals surface area contributed by atoms with Crippen LogP contribution < -0.4 is 15.2 Å². The van der Waals surface area contributed by atoms with Gasteiger partial charge in [-0.2, -0.15) is 0 Å². The van der Waals surface area contributed by atoms with Crippen molar-refractivity contribution in [2.75, 3.05) is 11.9 Å². The van der Waals surface area contributed by atoms with E-state index in [4.69, 9.17) is 14.6 Å². The van der Waals surface area contributed by atoms with Crippen molar-refractivity contribution in [3.63, 3.8) is 0 Å². The molecule has 27 heavy (non-hydrogen) atoms. The van der Waals surface area contributed by atoms with E-state index in [9.17, 15) is 14.7 Å². The second-order valence-electron chi connectivity index (χ2n) is 5.99. The minimum Gasteiger partial charge on any atom is -0.872 e. The van der Waals surface area contributed by atoms with Crippen molar-refractivity contribution in [2.45, 2.75) is 20.1 Å². The van der Waals surface area contributed by atoms with Crippen molar-refractivity contribution in [1.29, 1.82) is 0 Å². The van der Waals surface area contributed by atoms with Crippen LogP contribution in [0.3, 0.4) is 0 Å². The molecule has 1 aliphatic rings. The maximum absolute atomic E-state index is 12.9. The van der Waals surface area contributed by atoms with Crippen LogP contribution in [-0.4, -0.2) is 29.8 Å². The number of hydrogen-bond donors (Lipinski definition) is 2. The van der Waals surface area contributed by atoms with E-state index in [-0.39, 0.29) is 16.9 Å². The predicted molar refractivity (Wildman–Crippen MR) is 96.1 cm³/mol. The number of carboxylic acid groups (broad SMARTS) is 1. The molecule has 2 aromatic rings. The summed E-state index contributed by atoms with van der Waals surface area (Å²) in [6.07, 6.45) is 0.530. The molecule has 3 rings (SSSR count). The van der Waals surface area contributed by atoms with Crippen molar-refractivity contribution >= 4 is 17.4 Å². The molecule has 0 fully saturated rings. The van der Waals surface area contributed by atoms with Gasteiger partial charge in [0.05, 0.1) is 16.7 Å². The van der Waals surface area contributed by atoms with Gasteiger partial charge in [-0.1, -0.05) is 23.4 Å². The largest absolute Gasteiger partial charge is 0.872 e. The SMILES string of the molecule is CCO[C@H]1Oc2ccc(C)cc2C(=O)/C1=C/Nc1ccc([O-])c(C(=O)O)c1. The third-order valence-corrected chi connectivity index (χ3v) is 4.05. The van der Waals surface area contributed by atoms with Gasteiger partial charge in [-0.25, -0.2) is 4.79 Å². The number of hydrogen-bond acceptors (Lipinski definition) is 6. The first-order valence-corrected chi connectivity index (χ1v) is 8.35. The van der Waals surface area contributed by atoms with Gasteiger partial charge in [0.2, 0.25) is 6.29 Å². The van der Waals surface area contributed by atoms with Crippen molar-refractivity contribution in [1.82, 2.24) is 0 Å². The molecule has 0 bridgehead atoms. The second-order valence-corrected chi connectivity index (χ2v) is 5.99. The Balaban J connectivity index is 1.94. The van der Waals surface area contributed by atoms with Crippen LogP contribution in [0.4, 0.5) is 5.69 Å². The molecule has 0 unspecified atom stereocenters. The topological polar surface area (TPSA) is 108 Å². The van der Waals surface area contributed by atoms with Gasteiger partial charge in [0.25, 0.3) is 0 Å². The molecular formula is C20H18NO6-. The minimum absolute atomic E-state index is 0.246. The van der Waals surface area contributed by atoms with Gasteiger partial charge in [0, 0.05) is 18.5 Å². The first kappa shape index (κ1) is 18.5. The van der Waals surface area contributed by atoms with Crippen LogP contribution >= 0.6 is 0 Å². The van der Waals surface area contributed by atoms with E-state index in [0.717, 1.165) is 11.6 Å². The summed E-state index contributed by atoms with van der Waals surface area (Å²) in [4.78, 5) is 24.0. The summed E-state index contributed by atoms with van der Waals surface area (Å²) in [6.45, 7) is 4.00. The molecule has 1 atom stereocenters. The summed E-state index contributed by atoms with van der Waals surface area (Å²) in [5, 5.41) is 23.5. The molecule has 0 aromatic heterocycles. The highest BCUT2D eigenvalue weighted by molar-refractivity contribution is 6.12. The van der Waals surface area contributed by atoms with Gasteiger partial charge in [-0.05, 0) is 38.1 Å². The first-order valence-electron chi connectivity index (χ1n) is 8.35. The number of ketones is 1. The van der Waals surface area contributed by atoms with Crippen LogP contribution in [0.15, 0.2) is 48.2 Å². The number of carbonyl (C=O) groups is 2. The van der Waals surface area contributed by atoms with Crippen LogP contribution in [0.5, 0.6) is 11.5 Å². The van der Waals surface area contributed by atoms with E-state index in [0.29, 0.717) is 23.6 Å². The van der Waals surface area contributed by atoms with Crippen LogP contribution in [0.1, 0.15) is 33.2 Å². The van der Waals surface area contributed by atoms with Crippen molar-refractivity contribution < 1.29 is 29.3 Å². The fourth-order valence-corrected chi connectivity index (χ4v) is 2.72. The molecule has 2 aromatic carbocycles. The fraction of sp³-hybridized carbons (Fsp3) is 0.200. The molecule has 7 heteroatoms. The maximum atomic E-state index is 12.9. The summed E-state index contributed by atoms with van der Waals surface area (Å²) in [5.41, 5.74) is 1.60. The van der Waals surface area contributed by atoms with E-state index in [1.807, 2.05) is 13.0 Å². The number of carboxylic acids is 1. The molecular weight excluding hydrogens is 350 g/mol. The number of aryl methyl sites for hydroxylation is 1. The highest BCUT2D eigenvalue weighted by atomic mass is 16.7. The normalized spacial score (nSPS) is 17.3. The fourth-order valence-electron chi connectivity index (χ4n) is 2.72. The lowest BCUT2D eigenvalue weighted by molar-refractivity contribution is -0.268. The van der Waals surface area contributed by atoms with E-state index in [2.05, 4.69) is 5.32 Å². The third-order valence-electron chi connectivity index (χ3n) is 4.05. The summed E-state index contributed by atoms with van der Waals surface area (Å²) in [7, 11) is 0. The van der Waals surface area contributed by atoms with E-state index in [1.54, 1.807) is 19.1 Å². The van der Waals surface area contributed by atoms with Crippen LogP contribution in [0.2, 0.25) is 0 Å². The Morgan fingerprint density at radius 1 is 1.33 bits per heavy atom. The monoisotopic (exact) mass is 368 g/mol. The zero-order valence-electron chi connectivity index (χ0n) is 14.8. The quantitative estimate of drug-likeness (QED) is 0.781. The zero-order chi connectivity index (χ0) is 19.6. The van der Waals surface area contributed by atoms with Crippen molar-refractivity contribution in [3.05, 3.63) is 64.9 Å². The first-order chi connectivity index (χ1) is 12.9. The Morgan fingerprint density at radius 3 is 2.81 bits per heavy atom. The standard InChI is InChI=1S/C20H19NO6/c1-3-26-20-15(18(23)14-8-11(2)4-7-17(14)27-20)10-21-12-5-6-16(22)13(9-12)19(24)25/h4-10,20-22H,3H2,1-2H3,(H,24,25)/p-1/b15-10-/t20-/m0/s1. The summed E-state index contributed by atoms with van der Waals surface area (Å²) >= 11 is 0. The van der Waals surface area contributed by atoms with Crippen molar-refractivity contribution in [2.24, 2.45) is 0 Å². The number of nitrogens with one attached hydrogen (secondary N) is 1. The zero-order valence-corrected chi connectivity index (χ0v) is 14.8. The highest BCUT2D eigenvalue weighted by Gasteiger charge is 2.32. The molecule has 0 radical (unpaired) electrons. The van der Waals surface area contributed by atoms with Gasteiger partial charge in [-0.15, -0.1) is 0 Å². The summed E-state index contributed by atoms with van der Waals surface area (Å²) in [6, 6.07) is 9.12. The van der Waals surface area contributed by atoms with Gasteiger partial charge in [-0.3, -0.25) is 4.79 Å². The number of ether oxygens (including phenoxy) is 2. The Kier molecular flexibility index (Phi) is 5.14.